The van der Waals surface area contributed by atoms with Crippen LogP contribution in [0, 0.1) is 6.92 Å². The topological polar surface area (TPSA) is 32.3 Å². The number of benzene rings is 1. The van der Waals surface area contributed by atoms with Crippen molar-refractivity contribution in [3.05, 3.63) is 34.3 Å². The molecule has 0 saturated carbocycles. The zero-order valence-electron chi connectivity index (χ0n) is 11.4. The molecule has 1 heterocycles. The van der Waals surface area contributed by atoms with E-state index in [1.807, 2.05) is 24.0 Å². The lowest BCUT2D eigenvalue weighted by Crippen LogP contribution is -2.56. The van der Waals surface area contributed by atoms with E-state index in [0.29, 0.717) is 16.6 Å². The van der Waals surface area contributed by atoms with E-state index in [0.717, 1.165) is 18.7 Å². The van der Waals surface area contributed by atoms with Gasteiger partial charge in [0.1, 0.15) is 0 Å². The van der Waals surface area contributed by atoms with Crippen LogP contribution < -0.4 is 5.32 Å². The molecule has 3 nitrogen and oxygen atoms in total. The number of carbonyl (C=O) groups excluding carboxylic acids is 1. The normalized spacial score (nSPS) is 22.8. The lowest BCUT2D eigenvalue weighted by atomic mass is 10.1. The summed E-state index contributed by atoms with van der Waals surface area (Å²) in [5.74, 6) is 0.0708. The predicted molar refractivity (Wildman–Crippen MR) is 81.4 cm³/mol. The van der Waals surface area contributed by atoms with Crippen molar-refractivity contribution in [3.8, 4) is 0 Å². The number of halogens is 2. The van der Waals surface area contributed by atoms with E-state index in [-0.39, 0.29) is 24.4 Å². The summed E-state index contributed by atoms with van der Waals surface area (Å²) in [7, 11) is 0. The summed E-state index contributed by atoms with van der Waals surface area (Å²) >= 11 is 6.02. The molecule has 5 heteroatoms. The Bertz CT molecular complexity index is 445. The second-order valence-electron chi connectivity index (χ2n) is 5.13. The molecule has 1 amide bonds. The zero-order chi connectivity index (χ0) is 13.3. The summed E-state index contributed by atoms with van der Waals surface area (Å²) in [6.07, 6.45) is 0. The third-order valence-electron chi connectivity index (χ3n) is 3.31. The maximum atomic E-state index is 12.5. The fourth-order valence-electron chi connectivity index (χ4n) is 2.33. The van der Waals surface area contributed by atoms with Crippen LogP contribution in [0.15, 0.2) is 18.2 Å². The third-order valence-corrected chi connectivity index (χ3v) is 3.53. The first-order valence-electron chi connectivity index (χ1n) is 6.29. The summed E-state index contributed by atoms with van der Waals surface area (Å²) in [4.78, 5) is 14.4. The van der Waals surface area contributed by atoms with Crippen molar-refractivity contribution in [2.75, 3.05) is 13.1 Å². The fourth-order valence-corrected chi connectivity index (χ4v) is 2.62. The van der Waals surface area contributed by atoms with Crippen LogP contribution in [0.25, 0.3) is 0 Å². The van der Waals surface area contributed by atoms with Gasteiger partial charge >= 0.3 is 0 Å². The van der Waals surface area contributed by atoms with Crippen LogP contribution in [0.3, 0.4) is 0 Å². The Balaban J connectivity index is 0.00000180. The van der Waals surface area contributed by atoms with Crippen LogP contribution in [0.5, 0.6) is 0 Å². The predicted octanol–water partition coefficient (Wildman–Crippen LogP) is 2.89. The number of nitrogens with one attached hydrogen (secondary N) is 1. The zero-order valence-corrected chi connectivity index (χ0v) is 13.0. The van der Waals surface area contributed by atoms with Crippen LogP contribution in [0.4, 0.5) is 0 Å². The van der Waals surface area contributed by atoms with Gasteiger partial charge in [-0.2, -0.15) is 0 Å². The lowest BCUT2D eigenvalue weighted by molar-refractivity contribution is 0.0616. The molecular formula is C14H20Cl2N2O. The van der Waals surface area contributed by atoms with Crippen molar-refractivity contribution in [3.63, 3.8) is 0 Å². The Kier molecular flexibility index (Phi) is 5.65. The first-order valence-corrected chi connectivity index (χ1v) is 6.66. The number of amides is 1. The summed E-state index contributed by atoms with van der Waals surface area (Å²) in [5.41, 5.74) is 1.70. The smallest absolute Gasteiger partial charge is 0.254 e. The van der Waals surface area contributed by atoms with Crippen LogP contribution in [0.2, 0.25) is 5.02 Å². The molecule has 2 unspecified atom stereocenters. The van der Waals surface area contributed by atoms with E-state index in [9.17, 15) is 4.79 Å². The van der Waals surface area contributed by atoms with Gasteiger partial charge in [0.2, 0.25) is 0 Å². The molecule has 1 saturated heterocycles. The molecule has 1 aliphatic heterocycles. The van der Waals surface area contributed by atoms with Crippen LogP contribution in [-0.2, 0) is 0 Å². The van der Waals surface area contributed by atoms with Crippen LogP contribution >= 0.6 is 24.0 Å². The minimum atomic E-state index is 0. The van der Waals surface area contributed by atoms with E-state index in [1.54, 1.807) is 6.07 Å². The van der Waals surface area contributed by atoms with Gasteiger partial charge in [-0.05, 0) is 44.5 Å². The largest absolute Gasteiger partial charge is 0.333 e. The second kappa shape index (κ2) is 6.60. The maximum absolute atomic E-state index is 12.5. The van der Waals surface area contributed by atoms with E-state index < -0.39 is 0 Å². The number of nitrogens with zero attached hydrogens (tertiary/aromatic N) is 1. The van der Waals surface area contributed by atoms with Gasteiger partial charge in [-0.3, -0.25) is 4.79 Å². The molecule has 0 spiro atoms. The standard InChI is InChI=1S/C14H19ClN2O.ClH/c1-9-4-12(6-13(15)5-9)14(18)17-8-10(2)16-7-11(17)3;/h4-6,10-11,16H,7-8H2,1-3H3;1H. The number of hydrogen-bond donors (Lipinski definition) is 1. The third kappa shape index (κ3) is 3.85. The highest BCUT2D eigenvalue weighted by Crippen LogP contribution is 2.18. The number of aryl methyl sites for hydroxylation is 1. The van der Waals surface area contributed by atoms with E-state index in [4.69, 9.17) is 11.6 Å². The summed E-state index contributed by atoms with van der Waals surface area (Å²) in [6.45, 7) is 7.69. The monoisotopic (exact) mass is 302 g/mol. The first-order chi connectivity index (χ1) is 8.47. The highest BCUT2D eigenvalue weighted by Gasteiger charge is 2.27. The fraction of sp³-hybridized carbons (Fsp3) is 0.500. The molecular weight excluding hydrogens is 283 g/mol. The Morgan fingerprint density at radius 1 is 1.37 bits per heavy atom. The molecule has 1 N–H and O–H groups in total. The Morgan fingerprint density at radius 3 is 2.68 bits per heavy atom. The Labute approximate surface area is 125 Å². The summed E-state index contributed by atoms with van der Waals surface area (Å²) < 4.78 is 0. The molecule has 106 valence electrons. The average molecular weight is 303 g/mol. The maximum Gasteiger partial charge on any atom is 0.254 e. The summed E-state index contributed by atoms with van der Waals surface area (Å²) in [5, 5.41) is 3.99. The molecule has 2 rings (SSSR count). The van der Waals surface area contributed by atoms with Crippen molar-refractivity contribution in [1.29, 1.82) is 0 Å². The molecule has 0 bridgehead atoms. The molecule has 1 fully saturated rings. The number of piperazine rings is 1. The van der Waals surface area contributed by atoms with Gasteiger partial charge < -0.3 is 10.2 Å². The quantitative estimate of drug-likeness (QED) is 0.865. The number of rotatable bonds is 1. The average Bonchev–Trinajstić information content (AvgIpc) is 2.30. The van der Waals surface area contributed by atoms with Gasteiger partial charge in [-0.25, -0.2) is 0 Å². The highest BCUT2D eigenvalue weighted by atomic mass is 35.5. The molecule has 0 aliphatic carbocycles. The number of carbonyl (C=O) groups is 1. The molecule has 1 aromatic rings. The van der Waals surface area contributed by atoms with Gasteiger partial charge in [0.05, 0.1) is 0 Å². The van der Waals surface area contributed by atoms with E-state index in [1.165, 1.54) is 0 Å². The van der Waals surface area contributed by atoms with Crippen molar-refractivity contribution in [1.82, 2.24) is 10.2 Å². The van der Waals surface area contributed by atoms with Crippen molar-refractivity contribution >= 4 is 29.9 Å². The van der Waals surface area contributed by atoms with Crippen molar-refractivity contribution < 1.29 is 4.79 Å². The second-order valence-corrected chi connectivity index (χ2v) is 5.57. The van der Waals surface area contributed by atoms with Gasteiger partial charge in [-0.15, -0.1) is 12.4 Å². The molecule has 19 heavy (non-hydrogen) atoms. The van der Waals surface area contributed by atoms with Crippen LogP contribution in [0.1, 0.15) is 29.8 Å². The van der Waals surface area contributed by atoms with Gasteiger partial charge in [-0.1, -0.05) is 11.6 Å². The first kappa shape index (κ1) is 16.3. The lowest BCUT2D eigenvalue weighted by Gasteiger charge is -2.37. The van der Waals surface area contributed by atoms with E-state index >= 15 is 0 Å². The van der Waals surface area contributed by atoms with Gasteiger partial charge in [0.25, 0.3) is 5.91 Å². The molecule has 2 atom stereocenters. The highest BCUT2D eigenvalue weighted by molar-refractivity contribution is 6.31. The molecule has 0 radical (unpaired) electrons. The number of hydrogen-bond acceptors (Lipinski definition) is 2. The van der Waals surface area contributed by atoms with Crippen LogP contribution in [-0.4, -0.2) is 36.0 Å². The Hall–Kier alpha value is -0.770. The van der Waals surface area contributed by atoms with Gasteiger partial charge in [0, 0.05) is 35.8 Å². The SMILES string of the molecule is Cc1cc(Cl)cc(C(=O)N2CC(C)NCC2C)c1.Cl. The molecule has 0 aromatic heterocycles. The van der Waals surface area contributed by atoms with Crippen molar-refractivity contribution in [2.45, 2.75) is 32.9 Å². The minimum absolute atomic E-state index is 0. The molecule has 1 aromatic carbocycles. The minimum Gasteiger partial charge on any atom is -0.333 e. The summed E-state index contributed by atoms with van der Waals surface area (Å²) in [6, 6.07) is 6.06. The molecule has 1 aliphatic rings. The van der Waals surface area contributed by atoms with E-state index in [2.05, 4.69) is 19.2 Å². The van der Waals surface area contributed by atoms with Gasteiger partial charge in [0.15, 0.2) is 0 Å². The Morgan fingerprint density at radius 2 is 2.05 bits per heavy atom. The van der Waals surface area contributed by atoms with Crippen molar-refractivity contribution in [2.24, 2.45) is 0 Å².